The molecule has 12 heteroatoms. The van der Waals surface area contributed by atoms with Crippen molar-refractivity contribution in [2.24, 2.45) is 5.10 Å². The van der Waals surface area contributed by atoms with Crippen LogP contribution in [0, 0.1) is 21.7 Å². The first kappa shape index (κ1) is 22.6. The standard InChI is InChI=1S/C20H16F2N4O5S/c1-31-16-6-3-14(4-7-16)25-32(29,30)20-11-15(26(27)28)5-9-19(20)24-23-12-13-2-8-17(21)18(22)10-13/h2-12,24-25H,1H3/b23-12+. The minimum Gasteiger partial charge on any atom is -0.497 e. The molecule has 0 aliphatic heterocycles. The van der Waals surface area contributed by atoms with Crippen molar-refractivity contribution in [1.82, 2.24) is 0 Å². The molecule has 0 fully saturated rings. The van der Waals surface area contributed by atoms with Crippen LogP contribution in [-0.2, 0) is 10.0 Å². The highest BCUT2D eigenvalue weighted by atomic mass is 32.2. The van der Waals surface area contributed by atoms with E-state index in [-0.39, 0.29) is 16.9 Å². The number of anilines is 2. The van der Waals surface area contributed by atoms with E-state index in [2.05, 4.69) is 15.2 Å². The van der Waals surface area contributed by atoms with Gasteiger partial charge < -0.3 is 4.74 Å². The maximum Gasteiger partial charge on any atom is 0.270 e. The zero-order valence-corrected chi connectivity index (χ0v) is 17.3. The molecular weight excluding hydrogens is 446 g/mol. The number of hydrogen-bond donors (Lipinski definition) is 2. The third-order valence-corrected chi connectivity index (χ3v) is 5.57. The van der Waals surface area contributed by atoms with Gasteiger partial charge in [0.25, 0.3) is 15.7 Å². The van der Waals surface area contributed by atoms with Crippen LogP contribution in [0.2, 0.25) is 0 Å². The van der Waals surface area contributed by atoms with Gasteiger partial charge in [-0.25, -0.2) is 17.2 Å². The minimum atomic E-state index is -4.27. The molecule has 0 aromatic heterocycles. The van der Waals surface area contributed by atoms with Gasteiger partial charge in [0.15, 0.2) is 11.6 Å². The molecule has 0 aliphatic carbocycles. The second-order valence-corrected chi connectivity index (χ2v) is 7.97. The van der Waals surface area contributed by atoms with E-state index >= 15 is 0 Å². The van der Waals surface area contributed by atoms with Gasteiger partial charge in [0.1, 0.15) is 10.6 Å². The highest BCUT2D eigenvalue weighted by molar-refractivity contribution is 7.92. The second-order valence-electron chi connectivity index (χ2n) is 6.32. The van der Waals surface area contributed by atoms with Crippen molar-refractivity contribution in [3.63, 3.8) is 0 Å². The Morgan fingerprint density at radius 2 is 1.75 bits per heavy atom. The molecular formula is C20H16F2N4O5S. The molecule has 2 N–H and O–H groups in total. The van der Waals surface area contributed by atoms with Gasteiger partial charge in [-0.15, -0.1) is 0 Å². The van der Waals surface area contributed by atoms with E-state index in [1.54, 1.807) is 0 Å². The number of hydrogen-bond acceptors (Lipinski definition) is 7. The molecule has 3 rings (SSSR count). The number of non-ortho nitro benzene ring substituents is 1. The van der Waals surface area contributed by atoms with E-state index in [1.807, 2.05) is 0 Å². The predicted molar refractivity (Wildman–Crippen MR) is 114 cm³/mol. The minimum absolute atomic E-state index is 0.0737. The number of sulfonamides is 1. The Hall–Kier alpha value is -4.06. The third-order valence-electron chi connectivity index (χ3n) is 4.15. The molecule has 0 saturated carbocycles. The molecule has 9 nitrogen and oxygen atoms in total. The van der Waals surface area contributed by atoms with Crippen LogP contribution in [0.4, 0.5) is 25.8 Å². The van der Waals surface area contributed by atoms with Gasteiger partial charge in [-0.05, 0) is 48.0 Å². The number of rotatable bonds is 8. The summed E-state index contributed by atoms with van der Waals surface area (Å²) in [4.78, 5) is 9.96. The summed E-state index contributed by atoms with van der Waals surface area (Å²) in [6.45, 7) is 0. The van der Waals surface area contributed by atoms with Crippen LogP contribution >= 0.6 is 0 Å². The number of nitrogens with zero attached hydrogens (tertiary/aromatic N) is 2. The molecule has 0 bridgehead atoms. The first-order chi connectivity index (χ1) is 15.2. The van der Waals surface area contributed by atoms with Gasteiger partial charge in [0.05, 0.1) is 23.9 Å². The zero-order chi connectivity index (χ0) is 23.3. The topological polar surface area (TPSA) is 123 Å². The Bertz CT molecular complexity index is 1280. The number of halogens is 2. The second kappa shape index (κ2) is 9.39. The van der Waals surface area contributed by atoms with Crippen LogP contribution in [0.3, 0.4) is 0 Å². The molecule has 0 unspecified atom stereocenters. The van der Waals surface area contributed by atoms with Crippen molar-refractivity contribution in [2.45, 2.75) is 4.90 Å². The Labute approximate surface area is 181 Å². The maximum atomic E-state index is 13.3. The van der Waals surface area contributed by atoms with Gasteiger partial charge in [0.2, 0.25) is 0 Å². The summed E-state index contributed by atoms with van der Waals surface area (Å²) in [6, 6.07) is 12.2. The van der Waals surface area contributed by atoms with Crippen LogP contribution in [-0.4, -0.2) is 26.7 Å². The van der Waals surface area contributed by atoms with E-state index in [1.165, 1.54) is 43.5 Å². The van der Waals surface area contributed by atoms with Gasteiger partial charge in [-0.3, -0.25) is 20.3 Å². The average molecular weight is 462 g/mol. The number of benzene rings is 3. The fourth-order valence-corrected chi connectivity index (χ4v) is 3.81. The van der Waals surface area contributed by atoms with Gasteiger partial charge in [0, 0.05) is 17.8 Å². The first-order valence-electron chi connectivity index (χ1n) is 8.89. The molecule has 166 valence electrons. The summed E-state index contributed by atoms with van der Waals surface area (Å²) in [7, 11) is -2.81. The number of nitro groups is 1. The summed E-state index contributed by atoms with van der Waals surface area (Å²) < 4.78 is 59.5. The highest BCUT2D eigenvalue weighted by Crippen LogP contribution is 2.29. The summed E-state index contributed by atoms with van der Waals surface area (Å²) in [5, 5.41) is 15.0. The zero-order valence-electron chi connectivity index (χ0n) is 16.5. The third kappa shape index (κ3) is 5.35. The summed E-state index contributed by atoms with van der Waals surface area (Å²) in [6.07, 6.45) is 1.14. The molecule has 0 amide bonds. The normalized spacial score (nSPS) is 11.3. The summed E-state index contributed by atoms with van der Waals surface area (Å²) >= 11 is 0. The lowest BCUT2D eigenvalue weighted by Gasteiger charge is -2.12. The molecule has 32 heavy (non-hydrogen) atoms. The molecule has 0 spiro atoms. The Balaban J connectivity index is 1.91. The first-order valence-corrected chi connectivity index (χ1v) is 10.4. The largest absolute Gasteiger partial charge is 0.497 e. The van der Waals surface area contributed by atoms with Crippen molar-refractivity contribution in [2.75, 3.05) is 17.3 Å². The van der Waals surface area contributed by atoms with Crippen molar-refractivity contribution in [3.05, 3.63) is 88.0 Å². The fraction of sp³-hybridized carbons (Fsp3) is 0.0500. The van der Waals surface area contributed by atoms with Crippen LogP contribution in [0.25, 0.3) is 0 Å². The fourth-order valence-electron chi connectivity index (χ4n) is 2.58. The van der Waals surface area contributed by atoms with Crippen LogP contribution in [0.15, 0.2) is 70.7 Å². The number of ether oxygens (including phenoxy) is 1. The van der Waals surface area contributed by atoms with Crippen molar-refractivity contribution in [1.29, 1.82) is 0 Å². The predicted octanol–water partition coefficient (Wildman–Crippen LogP) is 4.13. The molecule has 0 radical (unpaired) electrons. The number of nitro benzene ring substituents is 1. The van der Waals surface area contributed by atoms with E-state index in [0.717, 1.165) is 30.5 Å². The summed E-state index contributed by atoms with van der Waals surface area (Å²) in [5.74, 6) is -1.59. The lowest BCUT2D eigenvalue weighted by atomic mass is 10.2. The lowest BCUT2D eigenvalue weighted by molar-refractivity contribution is -0.385. The molecule has 3 aromatic carbocycles. The van der Waals surface area contributed by atoms with E-state index in [9.17, 15) is 27.3 Å². The smallest absolute Gasteiger partial charge is 0.270 e. The molecule has 0 heterocycles. The lowest BCUT2D eigenvalue weighted by Crippen LogP contribution is -2.15. The Kier molecular flexibility index (Phi) is 6.64. The van der Waals surface area contributed by atoms with Crippen molar-refractivity contribution >= 4 is 33.3 Å². The van der Waals surface area contributed by atoms with Crippen molar-refractivity contribution < 1.29 is 26.9 Å². The maximum absolute atomic E-state index is 13.3. The molecule has 3 aromatic rings. The van der Waals surface area contributed by atoms with Crippen LogP contribution in [0.5, 0.6) is 5.75 Å². The van der Waals surface area contributed by atoms with E-state index < -0.39 is 37.2 Å². The number of nitrogens with one attached hydrogen (secondary N) is 2. The molecule has 0 saturated heterocycles. The quantitative estimate of drug-likeness (QED) is 0.295. The van der Waals surface area contributed by atoms with E-state index in [4.69, 9.17) is 4.74 Å². The monoisotopic (exact) mass is 462 g/mol. The van der Waals surface area contributed by atoms with Gasteiger partial charge in [-0.2, -0.15) is 5.10 Å². The van der Waals surface area contributed by atoms with E-state index in [0.29, 0.717) is 5.75 Å². The summed E-state index contributed by atoms with van der Waals surface area (Å²) in [5.41, 5.74) is 2.35. The number of hydrazone groups is 1. The molecule has 0 aliphatic rings. The van der Waals surface area contributed by atoms with Gasteiger partial charge in [-0.1, -0.05) is 6.07 Å². The van der Waals surface area contributed by atoms with Crippen LogP contribution in [0.1, 0.15) is 5.56 Å². The highest BCUT2D eigenvalue weighted by Gasteiger charge is 2.22. The molecule has 0 atom stereocenters. The SMILES string of the molecule is COc1ccc(NS(=O)(=O)c2cc([N+](=O)[O-])ccc2N/N=C/c2ccc(F)c(F)c2)cc1. The average Bonchev–Trinajstić information content (AvgIpc) is 2.76. The Morgan fingerprint density at radius 1 is 1.03 bits per heavy atom. The van der Waals surface area contributed by atoms with Crippen molar-refractivity contribution in [3.8, 4) is 5.75 Å². The number of methoxy groups -OCH3 is 1. The van der Waals surface area contributed by atoms with Gasteiger partial charge >= 0.3 is 0 Å². The Morgan fingerprint density at radius 3 is 2.38 bits per heavy atom. The van der Waals surface area contributed by atoms with Crippen LogP contribution < -0.4 is 14.9 Å².